The Morgan fingerprint density at radius 2 is 1.96 bits per heavy atom. The first-order chi connectivity index (χ1) is 11.7. The Morgan fingerprint density at radius 3 is 2.79 bits per heavy atom. The number of hydrogen-bond donors (Lipinski definition) is 0. The monoisotopic (exact) mass is 309 g/mol. The van der Waals surface area contributed by atoms with Crippen LogP contribution in [0.1, 0.15) is 16.8 Å². The molecule has 0 bridgehead atoms. The summed E-state index contributed by atoms with van der Waals surface area (Å²) in [6.45, 7) is 4.29. The first kappa shape index (κ1) is 14.2. The molecule has 0 N–H and O–H groups in total. The molecule has 2 aromatic carbocycles. The lowest BCUT2D eigenvalue weighted by Crippen LogP contribution is -1.94. The molecule has 0 saturated carbocycles. The number of aromatic nitrogens is 2. The van der Waals surface area contributed by atoms with Crippen LogP contribution >= 0.6 is 0 Å². The number of hydrogen-bond acceptors (Lipinski definition) is 2. The summed E-state index contributed by atoms with van der Waals surface area (Å²) in [4.78, 5) is 4.38. The van der Waals surface area contributed by atoms with Crippen LogP contribution in [0.2, 0.25) is 0 Å². The van der Waals surface area contributed by atoms with Gasteiger partial charge in [0.15, 0.2) is 0 Å². The van der Waals surface area contributed by atoms with Crippen molar-refractivity contribution in [1.82, 2.24) is 9.55 Å². The molecule has 24 heavy (non-hydrogen) atoms. The van der Waals surface area contributed by atoms with Crippen molar-refractivity contribution in [3.05, 3.63) is 84.2 Å². The lowest BCUT2D eigenvalue weighted by atomic mass is 9.95. The average Bonchev–Trinajstić information content (AvgIpc) is 3.00. The minimum absolute atomic E-state index is 0.408. The van der Waals surface area contributed by atoms with E-state index in [1.165, 1.54) is 10.9 Å². The molecule has 114 valence electrons. The fourth-order valence-corrected chi connectivity index (χ4v) is 3.11. The van der Waals surface area contributed by atoms with E-state index in [0.29, 0.717) is 5.69 Å². The molecule has 0 atom stereocenters. The Bertz CT molecular complexity index is 1140. The minimum atomic E-state index is 0.408. The standard InChI is InChI=1S/C21H15N3/c1-14(15-7-8-21-16(11-15)9-10-24(21)2)19-12-17(13-22)23-20-6-4-3-5-18(19)20/h3-12H,1H2,2H3. The van der Waals surface area contributed by atoms with Crippen LogP contribution in [0.25, 0.3) is 27.4 Å². The van der Waals surface area contributed by atoms with Gasteiger partial charge in [-0.25, -0.2) is 4.98 Å². The Hall–Kier alpha value is -3.38. The van der Waals surface area contributed by atoms with Crippen LogP contribution in [0, 0.1) is 11.3 Å². The number of benzene rings is 2. The van der Waals surface area contributed by atoms with Gasteiger partial charge in [-0.2, -0.15) is 5.26 Å². The van der Waals surface area contributed by atoms with E-state index >= 15 is 0 Å². The number of para-hydroxylation sites is 1. The van der Waals surface area contributed by atoms with Crippen molar-refractivity contribution in [3.63, 3.8) is 0 Å². The molecule has 0 unspecified atom stereocenters. The predicted molar refractivity (Wildman–Crippen MR) is 97.5 cm³/mol. The van der Waals surface area contributed by atoms with Crippen molar-refractivity contribution in [2.75, 3.05) is 0 Å². The van der Waals surface area contributed by atoms with Gasteiger partial charge >= 0.3 is 0 Å². The largest absolute Gasteiger partial charge is 0.351 e. The minimum Gasteiger partial charge on any atom is -0.351 e. The SMILES string of the molecule is C=C(c1ccc2c(ccn2C)c1)c1cc(C#N)nc2ccccc12. The van der Waals surface area contributed by atoms with E-state index in [2.05, 4.69) is 46.5 Å². The van der Waals surface area contributed by atoms with Gasteiger partial charge in [-0.3, -0.25) is 0 Å². The predicted octanol–water partition coefficient (Wildman–Crippen LogP) is 4.66. The molecule has 2 aromatic heterocycles. The second-order valence-electron chi connectivity index (χ2n) is 5.86. The van der Waals surface area contributed by atoms with Crippen molar-refractivity contribution >= 4 is 27.4 Å². The Balaban J connectivity index is 1.92. The molecule has 0 radical (unpaired) electrons. The Labute approximate surface area is 140 Å². The van der Waals surface area contributed by atoms with Gasteiger partial charge in [0, 0.05) is 29.5 Å². The first-order valence-electron chi connectivity index (χ1n) is 7.72. The van der Waals surface area contributed by atoms with Crippen molar-refractivity contribution in [3.8, 4) is 6.07 Å². The maximum atomic E-state index is 9.27. The summed E-state index contributed by atoms with van der Waals surface area (Å²) in [5.41, 5.74) is 5.31. The molecule has 2 heterocycles. The highest BCUT2D eigenvalue weighted by molar-refractivity contribution is 5.97. The van der Waals surface area contributed by atoms with E-state index in [4.69, 9.17) is 0 Å². The summed E-state index contributed by atoms with van der Waals surface area (Å²) in [5.74, 6) is 0. The van der Waals surface area contributed by atoms with Crippen LogP contribution in [-0.2, 0) is 7.05 Å². The molecule has 0 aliphatic rings. The Kier molecular flexibility index (Phi) is 3.18. The number of aryl methyl sites for hydroxylation is 1. The molecule has 0 aliphatic heterocycles. The third-order valence-electron chi connectivity index (χ3n) is 4.39. The molecule has 3 heteroatoms. The summed E-state index contributed by atoms with van der Waals surface area (Å²) >= 11 is 0. The smallest absolute Gasteiger partial charge is 0.141 e. The number of pyridine rings is 1. The van der Waals surface area contributed by atoms with Crippen LogP contribution in [0.5, 0.6) is 0 Å². The highest BCUT2D eigenvalue weighted by Crippen LogP contribution is 2.30. The van der Waals surface area contributed by atoms with Crippen molar-refractivity contribution in [1.29, 1.82) is 5.26 Å². The maximum absolute atomic E-state index is 9.27. The van der Waals surface area contributed by atoms with Gasteiger partial charge in [-0.05, 0) is 47.0 Å². The van der Waals surface area contributed by atoms with Gasteiger partial charge in [0.05, 0.1) is 5.52 Å². The quantitative estimate of drug-likeness (QED) is 0.540. The van der Waals surface area contributed by atoms with E-state index in [1.807, 2.05) is 43.6 Å². The van der Waals surface area contributed by atoms with Gasteiger partial charge in [0.1, 0.15) is 11.8 Å². The lowest BCUT2D eigenvalue weighted by Gasteiger charge is -2.11. The molecule has 0 saturated heterocycles. The van der Waals surface area contributed by atoms with Crippen LogP contribution in [-0.4, -0.2) is 9.55 Å². The van der Waals surface area contributed by atoms with E-state index in [0.717, 1.165) is 27.6 Å². The zero-order valence-corrected chi connectivity index (χ0v) is 13.3. The molecule has 3 nitrogen and oxygen atoms in total. The van der Waals surface area contributed by atoms with Crippen LogP contribution in [0.3, 0.4) is 0 Å². The third-order valence-corrected chi connectivity index (χ3v) is 4.39. The fraction of sp³-hybridized carbons (Fsp3) is 0.0476. The van der Waals surface area contributed by atoms with Gasteiger partial charge in [0.25, 0.3) is 0 Å². The van der Waals surface area contributed by atoms with E-state index < -0.39 is 0 Å². The van der Waals surface area contributed by atoms with Gasteiger partial charge in [0.2, 0.25) is 0 Å². The molecule has 0 spiro atoms. The van der Waals surface area contributed by atoms with E-state index in [9.17, 15) is 5.26 Å². The summed E-state index contributed by atoms with van der Waals surface area (Å²) in [7, 11) is 2.03. The number of rotatable bonds is 2. The number of nitriles is 1. The van der Waals surface area contributed by atoms with Gasteiger partial charge in [-0.15, -0.1) is 0 Å². The van der Waals surface area contributed by atoms with Crippen LogP contribution < -0.4 is 0 Å². The summed E-state index contributed by atoms with van der Waals surface area (Å²) in [6, 6.07) is 20.2. The molecule has 0 aliphatic carbocycles. The molecule has 0 amide bonds. The van der Waals surface area contributed by atoms with Crippen LogP contribution in [0.4, 0.5) is 0 Å². The highest BCUT2D eigenvalue weighted by Gasteiger charge is 2.11. The highest BCUT2D eigenvalue weighted by atomic mass is 14.9. The Morgan fingerprint density at radius 1 is 1.12 bits per heavy atom. The normalized spacial score (nSPS) is 10.8. The molecular weight excluding hydrogens is 294 g/mol. The van der Waals surface area contributed by atoms with E-state index in [-0.39, 0.29) is 0 Å². The van der Waals surface area contributed by atoms with Crippen LogP contribution in [0.15, 0.2) is 67.4 Å². The topological polar surface area (TPSA) is 41.6 Å². The second-order valence-corrected chi connectivity index (χ2v) is 5.86. The van der Waals surface area contributed by atoms with E-state index in [1.54, 1.807) is 0 Å². The zero-order chi connectivity index (χ0) is 16.7. The summed E-state index contributed by atoms with van der Waals surface area (Å²) in [6.07, 6.45) is 2.05. The molecular formula is C21H15N3. The average molecular weight is 309 g/mol. The molecule has 0 fully saturated rings. The fourth-order valence-electron chi connectivity index (χ4n) is 3.11. The molecule has 4 rings (SSSR count). The number of fused-ring (bicyclic) bond motifs is 2. The summed E-state index contributed by atoms with van der Waals surface area (Å²) < 4.78 is 2.09. The van der Waals surface area contributed by atoms with Gasteiger partial charge in [-0.1, -0.05) is 30.8 Å². The number of nitrogens with zero attached hydrogens (tertiary/aromatic N) is 3. The molecule has 4 aromatic rings. The first-order valence-corrected chi connectivity index (χ1v) is 7.72. The second kappa shape index (κ2) is 5.36. The van der Waals surface area contributed by atoms with Crippen molar-refractivity contribution < 1.29 is 0 Å². The third kappa shape index (κ3) is 2.17. The summed E-state index contributed by atoms with van der Waals surface area (Å²) in [5, 5.41) is 11.5. The van der Waals surface area contributed by atoms with Gasteiger partial charge < -0.3 is 4.57 Å². The maximum Gasteiger partial charge on any atom is 0.141 e. The lowest BCUT2D eigenvalue weighted by molar-refractivity contribution is 0.969. The van der Waals surface area contributed by atoms with Crippen molar-refractivity contribution in [2.24, 2.45) is 7.05 Å². The zero-order valence-electron chi connectivity index (χ0n) is 13.3. The van der Waals surface area contributed by atoms with Crippen molar-refractivity contribution in [2.45, 2.75) is 0 Å².